The van der Waals surface area contributed by atoms with Gasteiger partial charge in [0.2, 0.25) is 0 Å². The van der Waals surface area contributed by atoms with E-state index in [1.807, 2.05) is 0 Å². The second kappa shape index (κ2) is 4.66. The lowest BCUT2D eigenvalue weighted by Crippen LogP contribution is -2.25. The normalized spacial score (nSPS) is 16.9. The molecule has 0 bridgehead atoms. The van der Waals surface area contributed by atoms with Crippen molar-refractivity contribution in [1.82, 2.24) is 0 Å². The maximum Gasteiger partial charge on any atom is 0.164 e. The highest BCUT2D eigenvalue weighted by Crippen LogP contribution is 2.33. The number of benzene rings is 1. The minimum absolute atomic E-state index is 0.0367. The standard InChI is InChI=1S/C13H17NO2/c1-16-11-6-4-10(5-7-11)13(15)8-12(14)9-2-3-9/h4-7,9,12H,2-3,8,14H2,1H3. The van der Waals surface area contributed by atoms with Gasteiger partial charge < -0.3 is 10.5 Å². The number of Topliss-reactive ketones (excluding diaryl/α,β-unsaturated/α-hetero) is 1. The Balaban J connectivity index is 1.96. The Morgan fingerprint density at radius 3 is 2.56 bits per heavy atom. The molecule has 1 aromatic rings. The number of hydrogen-bond acceptors (Lipinski definition) is 3. The number of methoxy groups -OCH3 is 1. The molecular formula is C13H17NO2. The van der Waals surface area contributed by atoms with Crippen LogP contribution in [0.25, 0.3) is 0 Å². The molecule has 16 heavy (non-hydrogen) atoms. The Hall–Kier alpha value is -1.35. The molecule has 1 fully saturated rings. The van der Waals surface area contributed by atoms with E-state index in [-0.39, 0.29) is 11.8 Å². The van der Waals surface area contributed by atoms with Gasteiger partial charge in [0.25, 0.3) is 0 Å². The van der Waals surface area contributed by atoms with Crippen LogP contribution in [-0.2, 0) is 0 Å². The molecule has 86 valence electrons. The topological polar surface area (TPSA) is 52.3 Å². The molecule has 0 aromatic heterocycles. The van der Waals surface area contributed by atoms with Gasteiger partial charge in [0.15, 0.2) is 5.78 Å². The van der Waals surface area contributed by atoms with Gasteiger partial charge in [0, 0.05) is 18.0 Å². The number of hydrogen-bond donors (Lipinski definition) is 1. The summed E-state index contributed by atoms with van der Waals surface area (Å²) in [5.41, 5.74) is 6.65. The van der Waals surface area contributed by atoms with E-state index in [0.717, 1.165) is 11.3 Å². The summed E-state index contributed by atoms with van der Waals surface area (Å²) in [5, 5.41) is 0. The van der Waals surface area contributed by atoms with Crippen LogP contribution in [0.15, 0.2) is 24.3 Å². The minimum atomic E-state index is 0.0367. The first kappa shape index (κ1) is 11.1. The lowest BCUT2D eigenvalue weighted by atomic mass is 10.0. The molecule has 2 N–H and O–H groups in total. The van der Waals surface area contributed by atoms with Gasteiger partial charge in [-0.2, -0.15) is 0 Å². The van der Waals surface area contributed by atoms with E-state index in [1.165, 1.54) is 12.8 Å². The third-order valence-electron chi connectivity index (χ3n) is 3.06. The summed E-state index contributed by atoms with van der Waals surface area (Å²) in [5.74, 6) is 1.47. The third-order valence-corrected chi connectivity index (χ3v) is 3.06. The van der Waals surface area contributed by atoms with Crippen molar-refractivity contribution in [3.63, 3.8) is 0 Å². The number of carbonyl (C=O) groups is 1. The van der Waals surface area contributed by atoms with Crippen LogP contribution in [-0.4, -0.2) is 18.9 Å². The smallest absolute Gasteiger partial charge is 0.164 e. The van der Waals surface area contributed by atoms with E-state index < -0.39 is 0 Å². The summed E-state index contributed by atoms with van der Waals surface area (Å²) in [4.78, 5) is 11.9. The minimum Gasteiger partial charge on any atom is -0.497 e. The summed E-state index contributed by atoms with van der Waals surface area (Å²) in [7, 11) is 1.61. The fourth-order valence-corrected chi connectivity index (χ4v) is 1.80. The first-order valence-electron chi connectivity index (χ1n) is 5.63. The predicted octanol–water partition coefficient (Wildman–Crippen LogP) is 2.01. The molecule has 1 atom stereocenters. The fraction of sp³-hybridized carbons (Fsp3) is 0.462. The summed E-state index contributed by atoms with van der Waals surface area (Å²) in [6.45, 7) is 0. The quantitative estimate of drug-likeness (QED) is 0.771. The van der Waals surface area contributed by atoms with Crippen LogP contribution in [0, 0.1) is 5.92 Å². The molecular weight excluding hydrogens is 202 g/mol. The van der Waals surface area contributed by atoms with Crippen molar-refractivity contribution in [2.24, 2.45) is 11.7 Å². The molecule has 2 rings (SSSR count). The first-order valence-corrected chi connectivity index (χ1v) is 5.63. The highest BCUT2D eigenvalue weighted by Gasteiger charge is 2.29. The molecule has 1 unspecified atom stereocenters. The van der Waals surface area contributed by atoms with Crippen molar-refractivity contribution in [1.29, 1.82) is 0 Å². The average molecular weight is 219 g/mol. The van der Waals surface area contributed by atoms with Crippen molar-refractivity contribution >= 4 is 5.78 Å². The van der Waals surface area contributed by atoms with E-state index in [9.17, 15) is 4.79 Å². The predicted molar refractivity (Wildman–Crippen MR) is 62.6 cm³/mol. The van der Waals surface area contributed by atoms with Crippen LogP contribution in [0.1, 0.15) is 29.6 Å². The molecule has 1 aromatic carbocycles. The highest BCUT2D eigenvalue weighted by atomic mass is 16.5. The Morgan fingerprint density at radius 1 is 1.44 bits per heavy atom. The van der Waals surface area contributed by atoms with Gasteiger partial charge >= 0.3 is 0 Å². The van der Waals surface area contributed by atoms with Crippen LogP contribution >= 0.6 is 0 Å². The Morgan fingerprint density at radius 2 is 2.06 bits per heavy atom. The number of carbonyl (C=O) groups excluding carboxylic acids is 1. The van der Waals surface area contributed by atoms with Crippen LogP contribution in [0.4, 0.5) is 0 Å². The lowest BCUT2D eigenvalue weighted by molar-refractivity contribution is 0.0971. The summed E-state index contributed by atoms with van der Waals surface area (Å²) in [6.07, 6.45) is 2.81. The van der Waals surface area contributed by atoms with E-state index in [0.29, 0.717) is 12.3 Å². The number of ketones is 1. The lowest BCUT2D eigenvalue weighted by Gasteiger charge is -2.09. The molecule has 0 amide bonds. The van der Waals surface area contributed by atoms with Crippen molar-refractivity contribution in [2.45, 2.75) is 25.3 Å². The van der Waals surface area contributed by atoms with Crippen LogP contribution < -0.4 is 10.5 Å². The summed E-state index contributed by atoms with van der Waals surface area (Å²) in [6, 6.07) is 7.22. The monoisotopic (exact) mass is 219 g/mol. The summed E-state index contributed by atoms with van der Waals surface area (Å²) < 4.78 is 5.04. The molecule has 1 saturated carbocycles. The number of rotatable bonds is 5. The van der Waals surface area contributed by atoms with E-state index in [2.05, 4.69) is 0 Å². The van der Waals surface area contributed by atoms with E-state index >= 15 is 0 Å². The van der Waals surface area contributed by atoms with Gasteiger partial charge in [0.1, 0.15) is 5.75 Å². The van der Waals surface area contributed by atoms with Crippen LogP contribution in [0.3, 0.4) is 0 Å². The van der Waals surface area contributed by atoms with Crippen molar-refractivity contribution in [3.05, 3.63) is 29.8 Å². The molecule has 3 nitrogen and oxygen atoms in total. The number of ether oxygens (including phenoxy) is 1. The van der Waals surface area contributed by atoms with E-state index in [1.54, 1.807) is 31.4 Å². The SMILES string of the molecule is COc1ccc(C(=O)CC(N)C2CC2)cc1. The van der Waals surface area contributed by atoms with Crippen LogP contribution in [0.5, 0.6) is 5.75 Å². The summed E-state index contributed by atoms with van der Waals surface area (Å²) >= 11 is 0. The zero-order valence-corrected chi connectivity index (χ0v) is 9.48. The molecule has 0 radical (unpaired) electrons. The third kappa shape index (κ3) is 2.61. The van der Waals surface area contributed by atoms with Crippen molar-refractivity contribution < 1.29 is 9.53 Å². The maximum atomic E-state index is 11.9. The van der Waals surface area contributed by atoms with Gasteiger partial charge in [-0.1, -0.05) is 0 Å². The molecule has 0 aliphatic heterocycles. The largest absolute Gasteiger partial charge is 0.497 e. The highest BCUT2D eigenvalue weighted by molar-refractivity contribution is 5.96. The zero-order chi connectivity index (χ0) is 11.5. The second-order valence-corrected chi connectivity index (χ2v) is 4.36. The Labute approximate surface area is 95.6 Å². The van der Waals surface area contributed by atoms with Gasteiger partial charge in [-0.05, 0) is 43.0 Å². The molecule has 3 heteroatoms. The van der Waals surface area contributed by atoms with Gasteiger partial charge in [-0.25, -0.2) is 0 Å². The van der Waals surface area contributed by atoms with Gasteiger partial charge in [-0.15, -0.1) is 0 Å². The second-order valence-electron chi connectivity index (χ2n) is 4.36. The average Bonchev–Trinajstić information content (AvgIpc) is 3.13. The molecule has 1 aliphatic carbocycles. The van der Waals surface area contributed by atoms with Crippen LogP contribution in [0.2, 0.25) is 0 Å². The Bertz CT molecular complexity index is 368. The first-order chi connectivity index (χ1) is 7.70. The maximum absolute atomic E-state index is 11.9. The van der Waals surface area contributed by atoms with E-state index in [4.69, 9.17) is 10.5 Å². The number of nitrogens with two attached hydrogens (primary N) is 1. The molecule has 0 saturated heterocycles. The molecule has 1 aliphatic rings. The molecule has 0 heterocycles. The molecule has 0 spiro atoms. The van der Waals surface area contributed by atoms with Gasteiger partial charge in [-0.3, -0.25) is 4.79 Å². The van der Waals surface area contributed by atoms with Crippen molar-refractivity contribution in [3.8, 4) is 5.75 Å². The van der Waals surface area contributed by atoms with Crippen molar-refractivity contribution in [2.75, 3.05) is 7.11 Å². The zero-order valence-electron chi connectivity index (χ0n) is 9.48. The van der Waals surface area contributed by atoms with Gasteiger partial charge in [0.05, 0.1) is 7.11 Å². The fourth-order valence-electron chi connectivity index (χ4n) is 1.80. The Kier molecular flexibility index (Phi) is 3.25.